The molecule has 88 valence electrons. The van der Waals surface area contributed by atoms with E-state index >= 15 is 0 Å². The number of hydrazine groups is 1. The van der Waals surface area contributed by atoms with E-state index in [1.54, 1.807) is 6.26 Å². The largest absolute Gasteiger partial charge is 0.448 e. The van der Waals surface area contributed by atoms with Crippen LogP contribution in [0.15, 0.2) is 10.7 Å². The number of rotatable bonds is 2. The van der Waals surface area contributed by atoms with Gasteiger partial charge in [0.05, 0.1) is 5.69 Å². The highest BCUT2D eigenvalue weighted by Crippen LogP contribution is 2.35. The van der Waals surface area contributed by atoms with E-state index in [2.05, 4.69) is 10.4 Å². The van der Waals surface area contributed by atoms with Crippen molar-refractivity contribution in [3.05, 3.63) is 17.8 Å². The molecule has 1 aromatic rings. The number of carbonyl (C=O) groups is 1. The van der Waals surface area contributed by atoms with Crippen LogP contribution in [0.4, 0.5) is 0 Å². The Labute approximate surface area is 94.4 Å². The van der Waals surface area contributed by atoms with Crippen molar-refractivity contribution in [2.75, 3.05) is 0 Å². The maximum Gasteiger partial charge on any atom is 0.236 e. The molecule has 2 rings (SSSR count). The van der Waals surface area contributed by atoms with Crippen LogP contribution in [-0.2, 0) is 4.79 Å². The van der Waals surface area contributed by atoms with E-state index in [-0.39, 0.29) is 11.8 Å². The van der Waals surface area contributed by atoms with Gasteiger partial charge >= 0.3 is 0 Å². The van der Waals surface area contributed by atoms with Crippen molar-refractivity contribution in [3.8, 4) is 0 Å². The minimum absolute atomic E-state index is 0.0531. The van der Waals surface area contributed by atoms with Crippen molar-refractivity contribution in [3.63, 3.8) is 0 Å². The first-order valence-corrected chi connectivity index (χ1v) is 5.63. The van der Waals surface area contributed by atoms with Gasteiger partial charge in [0.15, 0.2) is 5.89 Å². The number of oxazole rings is 1. The summed E-state index contributed by atoms with van der Waals surface area (Å²) in [5, 5.41) is 0. The van der Waals surface area contributed by atoms with E-state index in [1.807, 2.05) is 6.92 Å². The predicted molar refractivity (Wildman–Crippen MR) is 58.3 cm³/mol. The van der Waals surface area contributed by atoms with Crippen molar-refractivity contribution in [2.24, 2.45) is 11.8 Å². The first-order valence-electron chi connectivity index (χ1n) is 5.63. The summed E-state index contributed by atoms with van der Waals surface area (Å²) < 4.78 is 5.39. The lowest BCUT2D eigenvalue weighted by Gasteiger charge is -2.25. The Hall–Kier alpha value is -1.36. The number of hydrogen-bond acceptors (Lipinski definition) is 4. The van der Waals surface area contributed by atoms with Crippen molar-refractivity contribution < 1.29 is 9.21 Å². The molecule has 1 saturated carbocycles. The van der Waals surface area contributed by atoms with Gasteiger partial charge in [-0.05, 0) is 32.6 Å². The van der Waals surface area contributed by atoms with Crippen LogP contribution in [-0.4, -0.2) is 10.9 Å². The fourth-order valence-electron chi connectivity index (χ4n) is 2.28. The highest BCUT2D eigenvalue weighted by atomic mass is 16.3. The third-order valence-electron chi connectivity index (χ3n) is 3.23. The number of carbonyl (C=O) groups excluding carboxylic acids is 1. The maximum absolute atomic E-state index is 11.3. The molecule has 16 heavy (non-hydrogen) atoms. The molecule has 0 radical (unpaired) electrons. The van der Waals surface area contributed by atoms with Gasteiger partial charge in [0.2, 0.25) is 5.91 Å². The average Bonchev–Trinajstić information content (AvgIpc) is 2.75. The fraction of sp³-hybridized carbons (Fsp3) is 0.636. The predicted octanol–water partition coefficient (Wildman–Crippen LogP) is 1.25. The maximum atomic E-state index is 11.3. The standard InChI is InChI=1S/C11H17N3O2/c1-7-6-16-11(13-7)9-4-2-8(3-5-9)10(15)14-12/h6,8-9H,2-5,12H2,1H3,(H,14,15). The third kappa shape index (κ3) is 2.24. The zero-order chi connectivity index (χ0) is 11.5. The van der Waals surface area contributed by atoms with Gasteiger partial charge in [0, 0.05) is 11.8 Å². The second-order valence-corrected chi connectivity index (χ2v) is 4.38. The Morgan fingerprint density at radius 2 is 2.19 bits per heavy atom. The van der Waals surface area contributed by atoms with Gasteiger partial charge in [-0.3, -0.25) is 10.2 Å². The Balaban J connectivity index is 1.92. The number of aromatic nitrogens is 1. The van der Waals surface area contributed by atoms with Crippen LogP contribution in [0.25, 0.3) is 0 Å². The number of nitrogens with zero attached hydrogens (tertiary/aromatic N) is 1. The van der Waals surface area contributed by atoms with Crippen molar-refractivity contribution in [2.45, 2.75) is 38.5 Å². The average molecular weight is 223 g/mol. The van der Waals surface area contributed by atoms with E-state index in [0.29, 0.717) is 5.92 Å². The highest BCUT2D eigenvalue weighted by molar-refractivity contribution is 5.78. The molecule has 1 amide bonds. The SMILES string of the molecule is Cc1coc(C2CCC(C(=O)NN)CC2)n1. The molecule has 0 aromatic carbocycles. The van der Waals surface area contributed by atoms with Gasteiger partial charge in [-0.1, -0.05) is 0 Å². The molecule has 0 spiro atoms. The normalized spacial score (nSPS) is 25.4. The van der Waals surface area contributed by atoms with Crippen LogP contribution in [0.1, 0.15) is 43.2 Å². The molecular weight excluding hydrogens is 206 g/mol. The van der Waals surface area contributed by atoms with Crippen molar-refractivity contribution >= 4 is 5.91 Å². The van der Waals surface area contributed by atoms with Crippen LogP contribution in [0.3, 0.4) is 0 Å². The first kappa shape index (κ1) is 11.1. The molecule has 1 aliphatic carbocycles. The quantitative estimate of drug-likeness (QED) is 0.449. The molecule has 0 aliphatic heterocycles. The van der Waals surface area contributed by atoms with E-state index in [0.717, 1.165) is 37.3 Å². The number of aryl methyl sites for hydroxylation is 1. The van der Waals surface area contributed by atoms with Crippen LogP contribution >= 0.6 is 0 Å². The second-order valence-electron chi connectivity index (χ2n) is 4.38. The molecule has 1 aromatic heterocycles. The molecular formula is C11H17N3O2. The zero-order valence-corrected chi connectivity index (χ0v) is 9.40. The summed E-state index contributed by atoms with van der Waals surface area (Å²) in [5.74, 6) is 6.29. The van der Waals surface area contributed by atoms with Gasteiger partial charge in [-0.25, -0.2) is 10.8 Å². The molecule has 1 heterocycles. The lowest BCUT2D eigenvalue weighted by molar-refractivity contribution is -0.126. The van der Waals surface area contributed by atoms with E-state index in [9.17, 15) is 4.79 Å². The lowest BCUT2D eigenvalue weighted by atomic mass is 9.81. The summed E-state index contributed by atoms with van der Waals surface area (Å²) in [4.78, 5) is 15.7. The Morgan fingerprint density at radius 1 is 1.50 bits per heavy atom. The number of nitrogens with two attached hydrogens (primary N) is 1. The van der Waals surface area contributed by atoms with Gasteiger partial charge in [0.25, 0.3) is 0 Å². The van der Waals surface area contributed by atoms with Crippen LogP contribution in [0.5, 0.6) is 0 Å². The Morgan fingerprint density at radius 3 is 2.69 bits per heavy atom. The van der Waals surface area contributed by atoms with Crippen LogP contribution < -0.4 is 11.3 Å². The van der Waals surface area contributed by atoms with E-state index in [4.69, 9.17) is 10.3 Å². The molecule has 5 heteroatoms. The van der Waals surface area contributed by atoms with Crippen LogP contribution in [0.2, 0.25) is 0 Å². The topological polar surface area (TPSA) is 81.2 Å². The fourth-order valence-corrected chi connectivity index (χ4v) is 2.28. The molecule has 1 fully saturated rings. The molecule has 3 N–H and O–H groups in total. The van der Waals surface area contributed by atoms with E-state index in [1.165, 1.54) is 0 Å². The number of hydrogen-bond donors (Lipinski definition) is 2. The van der Waals surface area contributed by atoms with Gasteiger partial charge in [0.1, 0.15) is 6.26 Å². The first-order chi connectivity index (χ1) is 7.70. The Kier molecular flexibility index (Phi) is 3.24. The zero-order valence-electron chi connectivity index (χ0n) is 9.40. The summed E-state index contributed by atoms with van der Waals surface area (Å²) >= 11 is 0. The minimum Gasteiger partial charge on any atom is -0.448 e. The minimum atomic E-state index is -0.0537. The summed E-state index contributed by atoms with van der Waals surface area (Å²) in [7, 11) is 0. The number of amides is 1. The lowest BCUT2D eigenvalue weighted by Crippen LogP contribution is -2.37. The highest BCUT2D eigenvalue weighted by Gasteiger charge is 2.28. The molecule has 0 atom stereocenters. The van der Waals surface area contributed by atoms with Gasteiger partial charge in [-0.2, -0.15) is 0 Å². The van der Waals surface area contributed by atoms with Crippen molar-refractivity contribution in [1.29, 1.82) is 0 Å². The summed E-state index contributed by atoms with van der Waals surface area (Å²) in [6.45, 7) is 1.92. The second kappa shape index (κ2) is 4.65. The summed E-state index contributed by atoms with van der Waals surface area (Å²) in [5.41, 5.74) is 3.13. The molecule has 0 unspecified atom stereocenters. The Bertz CT molecular complexity index is 367. The smallest absolute Gasteiger partial charge is 0.236 e. The number of nitrogens with one attached hydrogen (secondary N) is 1. The monoisotopic (exact) mass is 223 g/mol. The van der Waals surface area contributed by atoms with Crippen LogP contribution in [0, 0.1) is 12.8 Å². The van der Waals surface area contributed by atoms with Crippen molar-refractivity contribution in [1.82, 2.24) is 10.4 Å². The van der Waals surface area contributed by atoms with E-state index < -0.39 is 0 Å². The summed E-state index contributed by atoms with van der Waals surface area (Å²) in [6, 6.07) is 0. The molecule has 0 saturated heterocycles. The van der Waals surface area contributed by atoms with Gasteiger partial charge < -0.3 is 4.42 Å². The third-order valence-corrected chi connectivity index (χ3v) is 3.23. The molecule has 5 nitrogen and oxygen atoms in total. The van der Waals surface area contributed by atoms with Gasteiger partial charge in [-0.15, -0.1) is 0 Å². The molecule has 1 aliphatic rings. The molecule has 0 bridgehead atoms. The summed E-state index contributed by atoms with van der Waals surface area (Å²) in [6.07, 6.45) is 5.27.